The van der Waals surface area contributed by atoms with Gasteiger partial charge >= 0.3 is 6.18 Å². The summed E-state index contributed by atoms with van der Waals surface area (Å²) < 4.78 is 40.7. The van der Waals surface area contributed by atoms with E-state index in [2.05, 4.69) is 5.43 Å². The van der Waals surface area contributed by atoms with Crippen LogP contribution in [0.3, 0.4) is 0 Å². The van der Waals surface area contributed by atoms with Crippen LogP contribution in [0.25, 0.3) is 0 Å². The number of benzene rings is 2. The molecule has 0 aliphatic carbocycles. The molecule has 0 spiro atoms. The normalized spacial score (nSPS) is 11.5. The number of alkyl halides is 3. The fraction of sp³-hybridized carbons (Fsp3) is 0.158. The molecule has 0 amide bonds. The van der Waals surface area contributed by atoms with Crippen LogP contribution < -0.4 is 15.5 Å². The summed E-state index contributed by atoms with van der Waals surface area (Å²) in [5, 5.41) is 9.26. The highest BCUT2D eigenvalue weighted by atomic mass is 35.5. The van der Waals surface area contributed by atoms with Crippen molar-refractivity contribution in [2.24, 2.45) is 0 Å². The minimum Gasteiger partial charge on any atom is -0.503 e. The SMILES string of the molecule is Cc1ccccc1C[n+]1cc(=O)c(O)cn1Nc1cccc(C(F)(F)F)c1Cl. The molecule has 0 radical (unpaired) electrons. The van der Waals surface area contributed by atoms with Gasteiger partial charge in [0.25, 0.3) is 5.43 Å². The molecule has 1 aromatic heterocycles. The van der Waals surface area contributed by atoms with Crippen molar-refractivity contribution in [2.45, 2.75) is 19.6 Å². The smallest absolute Gasteiger partial charge is 0.418 e. The number of hydrogen-bond acceptors (Lipinski definition) is 3. The number of halogens is 4. The van der Waals surface area contributed by atoms with Crippen molar-refractivity contribution in [3.63, 3.8) is 0 Å². The lowest BCUT2D eigenvalue weighted by atomic mass is 10.1. The molecule has 0 fully saturated rings. The average Bonchev–Trinajstić information content (AvgIpc) is 2.61. The molecule has 9 heteroatoms. The Morgan fingerprint density at radius 1 is 1.18 bits per heavy atom. The molecule has 0 aliphatic heterocycles. The summed E-state index contributed by atoms with van der Waals surface area (Å²) >= 11 is 5.92. The van der Waals surface area contributed by atoms with E-state index >= 15 is 0 Å². The van der Waals surface area contributed by atoms with E-state index in [0.717, 1.165) is 29.6 Å². The summed E-state index contributed by atoms with van der Waals surface area (Å²) in [6, 6.07) is 10.9. The van der Waals surface area contributed by atoms with Crippen molar-refractivity contribution >= 4 is 17.3 Å². The maximum Gasteiger partial charge on any atom is 0.418 e. The van der Waals surface area contributed by atoms with Crippen molar-refractivity contribution in [1.29, 1.82) is 0 Å². The van der Waals surface area contributed by atoms with Gasteiger partial charge in [-0.15, -0.1) is 0 Å². The Morgan fingerprint density at radius 3 is 2.57 bits per heavy atom. The lowest BCUT2D eigenvalue weighted by molar-refractivity contribution is -0.768. The lowest BCUT2D eigenvalue weighted by Crippen LogP contribution is -2.50. The Morgan fingerprint density at radius 2 is 1.89 bits per heavy atom. The third-order valence-electron chi connectivity index (χ3n) is 4.17. The van der Waals surface area contributed by atoms with Crippen LogP contribution in [0.15, 0.2) is 59.7 Å². The van der Waals surface area contributed by atoms with Crippen molar-refractivity contribution in [1.82, 2.24) is 4.79 Å². The number of nitrogens with zero attached hydrogens (tertiary/aromatic N) is 2. The van der Waals surface area contributed by atoms with Crippen molar-refractivity contribution in [3.05, 3.63) is 86.8 Å². The number of aryl methyl sites for hydroxylation is 1. The second kappa shape index (κ2) is 7.55. The van der Waals surface area contributed by atoms with Gasteiger partial charge in [-0.1, -0.05) is 46.7 Å². The zero-order valence-corrected chi connectivity index (χ0v) is 15.4. The largest absolute Gasteiger partial charge is 0.503 e. The Hall–Kier alpha value is -3.00. The van der Waals surface area contributed by atoms with Gasteiger partial charge in [-0.2, -0.15) is 23.3 Å². The Balaban J connectivity index is 2.05. The lowest BCUT2D eigenvalue weighted by Gasteiger charge is -2.14. The average molecular weight is 411 g/mol. The highest BCUT2D eigenvalue weighted by Gasteiger charge is 2.34. The van der Waals surface area contributed by atoms with Crippen LogP contribution in [0.2, 0.25) is 5.02 Å². The van der Waals surface area contributed by atoms with Crippen LogP contribution >= 0.6 is 11.6 Å². The molecule has 5 nitrogen and oxygen atoms in total. The quantitative estimate of drug-likeness (QED) is 0.644. The molecule has 0 aliphatic rings. The zero-order valence-electron chi connectivity index (χ0n) is 14.7. The molecule has 3 rings (SSSR count). The molecule has 0 bridgehead atoms. The summed E-state index contributed by atoms with van der Waals surface area (Å²) in [4.78, 5) is 13.1. The summed E-state index contributed by atoms with van der Waals surface area (Å²) in [5.41, 5.74) is 2.93. The molecule has 0 saturated heterocycles. The van der Waals surface area contributed by atoms with E-state index in [1.54, 1.807) is 0 Å². The molecule has 1 heterocycles. The van der Waals surface area contributed by atoms with Gasteiger partial charge in [0.05, 0.1) is 5.56 Å². The van der Waals surface area contributed by atoms with Crippen molar-refractivity contribution in [2.75, 3.05) is 5.43 Å². The predicted molar refractivity (Wildman–Crippen MR) is 98.3 cm³/mol. The van der Waals surface area contributed by atoms with Gasteiger partial charge in [0, 0.05) is 0 Å². The monoisotopic (exact) mass is 410 g/mol. The molecule has 0 unspecified atom stereocenters. The molecular formula is C19H16ClF3N3O2+. The summed E-state index contributed by atoms with van der Waals surface area (Å²) in [6.45, 7) is 2.14. The molecule has 146 valence electrons. The number of anilines is 1. The standard InChI is InChI=1S/C19H15ClF3N3O2/c1-12-5-2-3-6-13(12)9-25-10-16(27)17(28)11-26(25)24-15-8-4-7-14(18(15)20)19(21,22)23/h2-8,10-11,24H,9H2,1H3/p+1. The van der Waals surface area contributed by atoms with E-state index in [0.29, 0.717) is 0 Å². The molecular weight excluding hydrogens is 395 g/mol. The Bertz CT molecular complexity index is 1080. The van der Waals surface area contributed by atoms with Crippen molar-refractivity contribution in [3.8, 4) is 5.75 Å². The first kappa shape index (κ1) is 19.8. The highest BCUT2D eigenvalue weighted by molar-refractivity contribution is 6.34. The van der Waals surface area contributed by atoms with Crippen molar-refractivity contribution < 1.29 is 23.0 Å². The Labute approximate surface area is 163 Å². The molecule has 0 saturated carbocycles. The second-order valence-corrected chi connectivity index (χ2v) is 6.53. The van der Waals surface area contributed by atoms with E-state index in [1.807, 2.05) is 31.2 Å². The van der Waals surface area contributed by atoms with Gasteiger partial charge in [0.15, 0.2) is 17.6 Å². The number of hydrogen-bond donors (Lipinski definition) is 2. The minimum absolute atomic E-state index is 0.0296. The van der Waals surface area contributed by atoms with Gasteiger partial charge in [-0.3, -0.25) is 4.79 Å². The van der Waals surface area contributed by atoms with Crippen LogP contribution in [0, 0.1) is 6.92 Å². The summed E-state index contributed by atoms with van der Waals surface area (Å²) in [5.74, 6) is -0.559. The number of aromatic nitrogens is 2. The van der Waals surface area contributed by atoms with E-state index < -0.39 is 27.9 Å². The fourth-order valence-corrected chi connectivity index (χ4v) is 2.93. The van der Waals surface area contributed by atoms with E-state index in [9.17, 15) is 23.1 Å². The van der Waals surface area contributed by atoms with Gasteiger partial charge in [-0.05, 0) is 30.2 Å². The minimum atomic E-state index is -4.61. The van der Waals surface area contributed by atoms with Crippen LogP contribution in [0.5, 0.6) is 5.75 Å². The molecule has 0 atom stereocenters. The molecule has 28 heavy (non-hydrogen) atoms. The van der Waals surface area contributed by atoms with Gasteiger partial charge in [-0.25, -0.2) is 0 Å². The zero-order chi connectivity index (χ0) is 20.5. The third kappa shape index (κ3) is 4.12. The predicted octanol–water partition coefficient (Wildman–Crippen LogP) is 3.75. The van der Waals surface area contributed by atoms with Crippen LogP contribution in [0.4, 0.5) is 18.9 Å². The van der Waals surface area contributed by atoms with Crippen LogP contribution in [-0.2, 0) is 12.7 Å². The second-order valence-electron chi connectivity index (χ2n) is 6.15. The fourth-order valence-electron chi connectivity index (χ4n) is 2.66. The Kier molecular flexibility index (Phi) is 5.33. The number of nitrogens with one attached hydrogen (secondary N) is 1. The first-order valence-corrected chi connectivity index (χ1v) is 8.57. The first-order valence-electron chi connectivity index (χ1n) is 8.19. The topological polar surface area (TPSA) is 58.1 Å². The first-order chi connectivity index (χ1) is 13.2. The van der Waals surface area contributed by atoms with Gasteiger partial charge in [0.1, 0.15) is 17.8 Å². The van der Waals surface area contributed by atoms with Gasteiger partial charge in [0.2, 0.25) is 0 Å². The summed E-state index contributed by atoms with van der Waals surface area (Å²) in [7, 11) is 0. The van der Waals surface area contributed by atoms with E-state index in [-0.39, 0.29) is 12.2 Å². The maximum absolute atomic E-state index is 13.1. The van der Waals surface area contributed by atoms with E-state index in [1.165, 1.54) is 21.6 Å². The summed E-state index contributed by atoms with van der Waals surface area (Å²) in [6.07, 6.45) is -2.38. The molecule has 3 aromatic rings. The maximum atomic E-state index is 13.1. The van der Waals surface area contributed by atoms with Gasteiger partial charge < -0.3 is 5.11 Å². The highest BCUT2D eigenvalue weighted by Crippen LogP contribution is 2.38. The van der Waals surface area contributed by atoms with Crippen LogP contribution in [0.1, 0.15) is 16.7 Å². The molecule has 2 aromatic carbocycles. The number of rotatable bonds is 4. The van der Waals surface area contributed by atoms with E-state index in [4.69, 9.17) is 11.6 Å². The van der Waals surface area contributed by atoms with Crippen LogP contribution in [-0.4, -0.2) is 9.90 Å². The molecule has 2 N–H and O–H groups in total. The number of aromatic hydroxyl groups is 1. The third-order valence-corrected chi connectivity index (χ3v) is 4.58.